The standard InChI is InChI=1S/C24H28N4O/c1-18(25)14-21-15-22(16-26-21)27-10-12-28(13-11-27)24-5-3-2-4-23(24)20-8-6-19(17-29)7-9-20/h2-9,15,25,29H,10-14,16-17H2,1H3. The maximum atomic E-state index is 9.30. The minimum Gasteiger partial charge on any atom is -0.392 e. The van der Waals surface area contributed by atoms with Gasteiger partial charge in [-0.1, -0.05) is 42.5 Å². The van der Waals surface area contributed by atoms with Crippen molar-refractivity contribution in [3.63, 3.8) is 0 Å². The molecule has 5 nitrogen and oxygen atoms in total. The van der Waals surface area contributed by atoms with Crippen LogP contribution in [0.15, 0.2) is 65.3 Å². The number of piperazine rings is 1. The SMILES string of the molecule is CC(=N)CC1=NCC(N2CCN(c3ccccc3-c3ccc(CO)cc3)CC2)=C1. The summed E-state index contributed by atoms with van der Waals surface area (Å²) in [4.78, 5) is 9.49. The molecule has 29 heavy (non-hydrogen) atoms. The van der Waals surface area contributed by atoms with Gasteiger partial charge in [0, 0.05) is 61.0 Å². The first-order valence-corrected chi connectivity index (χ1v) is 10.2. The molecule has 5 heteroatoms. The number of aliphatic hydroxyl groups excluding tert-OH is 1. The predicted octanol–water partition coefficient (Wildman–Crippen LogP) is 3.74. The molecule has 2 N–H and O–H groups in total. The summed E-state index contributed by atoms with van der Waals surface area (Å²) < 4.78 is 0. The van der Waals surface area contributed by atoms with Gasteiger partial charge >= 0.3 is 0 Å². The molecule has 0 amide bonds. The molecule has 0 spiro atoms. The van der Waals surface area contributed by atoms with Gasteiger partial charge in [-0.3, -0.25) is 4.99 Å². The highest BCUT2D eigenvalue weighted by molar-refractivity contribution is 6.09. The molecular weight excluding hydrogens is 360 g/mol. The number of allylic oxidation sites excluding steroid dienone is 1. The van der Waals surface area contributed by atoms with E-state index in [0.29, 0.717) is 12.1 Å². The Kier molecular flexibility index (Phi) is 5.76. The molecular formula is C24H28N4O. The second-order valence-corrected chi connectivity index (χ2v) is 7.75. The van der Waals surface area contributed by atoms with Crippen LogP contribution in [0.3, 0.4) is 0 Å². The zero-order valence-electron chi connectivity index (χ0n) is 16.9. The molecule has 0 bridgehead atoms. The van der Waals surface area contributed by atoms with Gasteiger partial charge in [0.05, 0.1) is 13.2 Å². The molecule has 0 atom stereocenters. The van der Waals surface area contributed by atoms with E-state index in [-0.39, 0.29) is 6.61 Å². The van der Waals surface area contributed by atoms with E-state index in [9.17, 15) is 5.11 Å². The number of aliphatic imine (C=N–C) groups is 1. The number of anilines is 1. The van der Waals surface area contributed by atoms with Crippen LogP contribution in [0.1, 0.15) is 18.9 Å². The first kappa shape index (κ1) is 19.4. The first-order valence-electron chi connectivity index (χ1n) is 10.2. The van der Waals surface area contributed by atoms with Crippen molar-refractivity contribution in [3.05, 3.63) is 65.9 Å². The normalized spacial score (nSPS) is 16.6. The van der Waals surface area contributed by atoms with E-state index in [4.69, 9.17) is 5.41 Å². The quantitative estimate of drug-likeness (QED) is 0.741. The van der Waals surface area contributed by atoms with E-state index < -0.39 is 0 Å². The van der Waals surface area contributed by atoms with Crippen LogP contribution in [0, 0.1) is 5.41 Å². The molecule has 0 aromatic heterocycles. The predicted molar refractivity (Wildman–Crippen MR) is 120 cm³/mol. The van der Waals surface area contributed by atoms with E-state index in [1.165, 1.54) is 22.5 Å². The molecule has 2 heterocycles. The lowest BCUT2D eigenvalue weighted by Crippen LogP contribution is -2.46. The topological polar surface area (TPSA) is 62.9 Å². The lowest BCUT2D eigenvalue weighted by atomic mass is 10.0. The van der Waals surface area contributed by atoms with Gasteiger partial charge in [-0.2, -0.15) is 0 Å². The van der Waals surface area contributed by atoms with Crippen molar-refractivity contribution < 1.29 is 5.11 Å². The molecule has 0 aliphatic carbocycles. The highest BCUT2D eigenvalue weighted by atomic mass is 16.3. The number of hydrogen-bond donors (Lipinski definition) is 2. The van der Waals surface area contributed by atoms with E-state index >= 15 is 0 Å². The van der Waals surface area contributed by atoms with Crippen molar-refractivity contribution in [3.8, 4) is 11.1 Å². The third kappa shape index (κ3) is 4.40. The van der Waals surface area contributed by atoms with Gasteiger partial charge in [-0.25, -0.2) is 0 Å². The average molecular weight is 389 g/mol. The summed E-state index contributed by atoms with van der Waals surface area (Å²) in [7, 11) is 0. The minimum absolute atomic E-state index is 0.0740. The van der Waals surface area contributed by atoms with Gasteiger partial charge in [0.2, 0.25) is 0 Å². The fraction of sp³-hybridized carbons (Fsp3) is 0.333. The third-order valence-corrected chi connectivity index (χ3v) is 5.60. The molecule has 4 rings (SSSR count). The fourth-order valence-electron chi connectivity index (χ4n) is 4.05. The zero-order valence-corrected chi connectivity index (χ0v) is 16.9. The summed E-state index contributed by atoms with van der Waals surface area (Å²) >= 11 is 0. The van der Waals surface area contributed by atoms with E-state index in [2.05, 4.69) is 57.3 Å². The molecule has 2 aliphatic heterocycles. The van der Waals surface area contributed by atoms with Crippen molar-refractivity contribution in [1.82, 2.24) is 4.90 Å². The Morgan fingerprint density at radius 3 is 2.38 bits per heavy atom. The van der Waals surface area contributed by atoms with Crippen molar-refractivity contribution in [2.75, 3.05) is 37.6 Å². The number of nitrogens with one attached hydrogen (secondary N) is 1. The van der Waals surface area contributed by atoms with Crippen LogP contribution in [0.5, 0.6) is 0 Å². The number of rotatable bonds is 6. The van der Waals surface area contributed by atoms with Gasteiger partial charge in [0.25, 0.3) is 0 Å². The number of nitrogens with zero attached hydrogens (tertiary/aromatic N) is 3. The van der Waals surface area contributed by atoms with E-state index in [1.807, 2.05) is 19.1 Å². The second kappa shape index (κ2) is 8.62. The van der Waals surface area contributed by atoms with Crippen molar-refractivity contribution >= 4 is 17.1 Å². The number of aliphatic hydroxyl groups is 1. The van der Waals surface area contributed by atoms with Crippen LogP contribution in [-0.2, 0) is 6.61 Å². The Balaban J connectivity index is 1.45. The number of hydrogen-bond acceptors (Lipinski definition) is 5. The Morgan fingerprint density at radius 2 is 1.69 bits per heavy atom. The Morgan fingerprint density at radius 1 is 1.00 bits per heavy atom. The summed E-state index contributed by atoms with van der Waals surface area (Å²) in [6.07, 6.45) is 2.83. The molecule has 2 aromatic rings. The van der Waals surface area contributed by atoms with Crippen LogP contribution in [0.25, 0.3) is 11.1 Å². The molecule has 2 aliphatic rings. The lowest BCUT2D eigenvalue weighted by molar-refractivity contribution is 0.282. The first-order chi connectivity index (χ1) is 14.1. The Bertz CT molecular complexity index is 938. The van der Waals surface area contributed by atoms with E-state index in [0.717, 1.165) is 44.0 Å². The van der Waals surface area contributed by atoms with Gasteiger partial charge in [0.1, 0.15) is 0 Å². The summed E-state index contributed by atoms with van der Waals surface area (Å²) in [5, 5.41) is 17.0. The second-order valence-electron chi connectivity index (χ2n) is 7.75. The van der Waals surface area contributed by atoms with Gasteiger partial charge in [-0.15, -0.1) is 0 Å². The fourth-order valence-corrected chi connectivity index (χ4v) is 4.05. The highest BCUT2D eigenvalue weighted by Crippen LogP contribution is 2.32. The molecule has 1 fully saturated rings. The zero-order chi connectivity index (χ0) is 20.2. The number of para-hydroxylation sites is 1. The number of benzene rings is 2. The van der Waals surface area contributed by atoms with E-state index in [1.54, 1.807) is 0 Å². The smallest absolute Gasteiger partial charge is 0.0792 e. The Labute approximate surface area is 172 Å². The highest BCUT2D eigenvalue weighted by Gasteiger charge is 2.22. The summed E-state index contributed by atoms with van der Waals surface area (Å²) in [5.74, 6) is 0. The van der Waals surface area contributed by atoms with Gasteiger partial charge in [0.15, 0.2) is 0 Å². The molecule has 0 radical (unpaired) electrons. The average Bonchev–Trinajstić information content (AvgIpc) is 3.22. The summed E-state index contributed by atoms with van der Waals surface area (Å²) in [6, 6.07) is 16.7. The van der Waals surface area contributed by atoms with Crippen LogP contribution in [0.4, 0.5) is 5.69 Å². The van der Waals surface area contributed by atoms with Crippen molar-refractivity contribution in [2.24, 2.45) is 4.99 Å². The largest absolute Gasteiger partial charge is 0.392 e. The summed E-state index contributed by atoms with van der Waals surface area (Å²) in [6.45, 7) is 6.57. The van der Waals surface area contributed by atoms with Gasteiger partial charge < -0.3 is 20.3 Å². The minimum atomic E-state index is 0.0740. The third-order valence-electron chi connectivity index (χ3n) is 5.60. The molecule has 0 unspecified atom stereocenters. The molecule has 1 saturated heterocycles. The Hall–Kier alpha value is -2.92. The molecule has 150 valence electrons. The van der Waals surface area contributed by atoms with Gasteiger partial charge in [-0.05, 0) is 30.2 Å². The van der Waals surface area contributed by atoms with Crippen LogP contribution >= 0.6 is 0 Å². The maximum absolute atomic E-state index is 9.30. The van der Waals surface area contributed by atoms with Crippen molar-refractivity contribution in [1.29, 1.82) is 5.41 Å². The lowest BCUT2D eigenvalue weighted by Gasteiger charge is -2.38. The van der Waals surface area contributed by atoms with Crippen LogP contribution in [-0.4, -0.2) is 54.2 Å². The van der Waals surface area contributed by atoms with Crippen LogP contribution < -0.4 is 4.90 Å². The van der Waals surface area contributed by atoms with Crippen molar-refractivity contribution in [2.45, 2.75) is 20.0 Å². The van der Waals surface area contributed by atoms with Crippen LogP contribution in [0.2, 0.25) is 0 Å². The molecule has 2 aromatic carbocycles. The summed E-state index contributed by atoms with van der Waals surface area (Å²) in [5.41, 5.74) is 7.59. The molecule has 0 saturated carbocycles. The maximum Gasteiger partial charge on any atom is 0.0792 e. The monoisotopic (exact) mass is 388 g/mol.